The second-order valence-electron chi connectivity index (χ2n) is 4.20. The molecule has 1 rings (SSSR count). The van der Waals surface area contributed by atoms with Crippen molar-refractivity contribution in [1.29, 1.82) is 0 Å². The number of nitrogens with one attached hydrogen (secondary N) is 2. The highest BCUT2D eigenvalue weighted by Crippen LogP contribution is 2.02. The first-order valence-corrected chi connectivity index (χ1v) is 6.51. The van der Waals surface area contributed by atoms with Crippen molar-refractivity contribution in [2.45, 2.75) is 26.8 Å². The van der Waals surface area contributed by atoms with E-state index < -0.39 is 0 Å². The average Bonchev–Trinajstić information content (AvgIpc) is 2.86. The molecule has 0 aromatic carbocycles. The van der Waals surface area contributed by atoms with E-state index in [0.29, 0.717) is 37.2 Å². The minimum Gasteiger partial charge on any atom is -0.351 e. The molecule has 0 bridgehead atoms. The quantitative estimate of drug-likeness (QED) is 0.702. The molecule has 0 unspecified atom stereocenters. The van der Waals surface area contributed by atoms with Crippen LogP contribution in [0.5, 0.6) is 0 Å². The fraction of sp³-hybridized carbons (Fsp3) is 0.538. The van der Waals surface area contributed by atoms with Gasteiger partial charge in [0.15, 0.2) is 0 Å². The molecule has 5 nitrogen and oxygen atoms in total. The lowest BCUT2D eigenvalue weighted by Gasteiger charge is -2.07. The second-order valence-corrected chi connectivity index (χ2v) is 4.20. The van der Waals surface area contributed by atoms with Crippen LogP contribution in [0.4, 0.5) is 4.39 Å². The van der Waals surface area contributed by atoms with Crippen LogP contribution in [0.2, 0.25) is 0 Å². The van der Waals surface area contributed by atoms with Crippen molar-refractivity contribution >= 4 is 5.91 Å². The minimum atomic E-state index is -0.212. The highest BCUT2D eigenvalue weighted by atomic mass is 19.1. The van der Waals surface area contributed by atoms with Gasteiger partial charge < -0.3 is 10.6 Å². The number of amides is 1. The lowest BCUT2D eigenvalue weighted by molar-refractivity contribution is 0.0950. The van der Waals surface area contributed by atoms with Crippen molar-refractivity contribution in [2.75, 3.05) is 19.6 Å². The maximum Gasteiger partial charge on any atom is 0.271 e. The first kappa shape index (κ1) is 15.4. The summed E-state index contributed by atoms with van der Waals surface area (Å²) in [5.41, 5.74) is 0.945. The van der Waals surface area contributed by atoms with Crippen LogP contribution >= 0.6 is 0 Å². The Balaban J connectivity index is 2.54. The molecule has 2 N–H and O–H groups in total. The van der Waals surface area contributed by atoms with Crippen LogP contribution in [0.1, 0.15) is 30.8 Å². The molecule has 1 aromatic rings. The first-order valence-electron chi connectivity index (χ1n) is 6.51. The van der Waals surface area contributed by atoms with Crippen LogP contribution < -0.4 is 10.6 Å². The number of hydrogen-bond donors (Lipinski definition) is 2. The largest absolute Gasteiger partial charge is 0.351 e. The standard InChI is InChI=1S/C13H21FN4O/c1-3-6-15-9-11(8-14)10-18-7-5-12(17-18)13(19)16-4-2/h5,7-8,15H,3-4,6,9-10H2,1-2H3,(H,16,19)/b11-8+. The van der Waals surface area contributed by atoms with Gasteiger partial charge in [0.1, 0.15) is 5.69 Å². The third-order valence-electron chi connectivity index (χ3n) is 2.51. The molecule has 1 heterocycles. The fourth-order valence-corrected chi connectivity index (χ4v) is 1.58. The van der Waals surface area contributed by atoms with Crippen molar-refractivity contribution < 1.29 is 9.18 Å². The molecule has 6 heteroatoms. The molecule has 0 saturated carbocycles. The zero-order chi connectivity index (χ0) is 14.1. The first-order chi connectivity index (χ1) is 9.21. The molecule has 0 radical (unpaired) electrons. The summed E-state index contributed by atoms with van der Waals surface area (Å²) in [6.45, 7) is 6.13. The molecule has 0 fully saturated rings. The van der Waals surface area contributed by atoms with Crippen LogP contribution in [-0.2, 0) is 6.54 Å². The van der Waals surface area contributed by atoms with Gasteiger partial charge >= 0.3 is 0 Å². The Bertz CT molecular complexity index is 428. The number of rotatable bonds is 8. The Labute approximate surface area is 112 Å². The van der Waals surface area contributed by atoms with Crippen LogP contribution in [0.25, 0.3) is 0 Å². The minimum absolute atomic E-state index is 0.212. The van der Waals surface area contributed by atoms with Crippen LogP contribution in [0.15, 0.2) is 24.2 Å². The van der Waals surface area contributed by atoms with Crippen molar-refractivity contribution in [3.05, 3.63) is 29.9 Å². The molecule has 106 valence electrons. The maximum atomic E-state index is 12.7. The number of hydrogen-bond acceptors (Lipinski definition) is 3. The van der Waals surface area contributed by atoms with Gasteiger partial charge in [0.25, 0.3) is 5.91 Å². The molecular weight excluding hydrogens is 247 g/mol. The van der Waals surface area contributed by atoms with Crippen molar-refractivity contribution in [1.82, 2.24) is 20.4 Å². The van der Waals surface area contributed by atoms with E-state index in [1.807, 2.05) is 6.92 Å². The molecular formula is C13H21FN4O. The number of halogens is 1. The summed E-state index contributed by atoms with van der Waals surface area (Å²) in [4.78, 5) is 11.5. The van der Waals surface area contributed by atoms with Crippen LogP contribution in [-0.4, -0.2) is 35.3 Å². The predicted octanol–water partition coefficient (Wildman–Crippen LogP) is 1.49. The van der Waals surface area contributed by atoms with E-state index in [1.165, 1.54) is 0 Å². The van der Waals surface area contributed by atoms with Gasteiger partial charge in [0.2, 0.25) is 0 Å². The van der Waals surface area contributed by atoms with Gasteiger partial charge in [-0.15, -0.1) is 0 Å². The summed E-state index contributed by atoms with van der Waals surface area (Å²) >= 11 is 0. The molecule has 0 aliphatic rings. The third-order valence-corrected chi connectivity index (χ3v) is 2.51. The predicted molar refractivity (Wildman–Crippen MR) is 72.6 cm³/mol. The average molecular weight is 268 g/mol. The van der Waals surface area contributed by atoms with Crippen LogP contribution in [0, 0.1) is 0 Å². The van der Waals surface area contributed by atoms with Gasteiger partial charge in [0, 0.05) is 19.3 Å². The molecule has 1 aromatic heterocycles. The Morgan fingerprint density at radius 1 is 1.53 bits per heavy atom. The Morgan fingerprint density at radius 2 is 2.32 bits per heavy atom. The molecule has 0 saturated heterocycles. The monoisotopic (exact) mass is 268 g/mol. The second kappa shape index (κ2) is 8.42. The van der Waals surface area contributed by atoms with Crippen molar-refractivity contribution in [2.24, 2.45) is 0 Å². The summed E-state index contributed by atoms with van der Waals surface area (Å²) in [5, 5.41) is 9.91. The Morgan fingerprint density at radius 3 is 2.95 bits per heavy atom. The molecule has 0 aliphatic heterocycles. The summed E-state index contributed by atoms with van der Waals surface area (Å²) in [5.74, 6) is -0.212. The van der Waals surface area contributed by atoms with Gasteiger partial charge in [0.05, 0.1) is 12.9 Å². The highest BCUT2D eigenvalue weighted by molar-refractivity contribution is 5.92. The van der Waals surface area contributed by atoms with E-state index >= 15 is 0 Å². The lowest BCUT2D eigenvalue weighted by Crippen LogP contribution is -2.23. The number of nitrogens with zero attached hydrogens (tertiary/aromatic N) is 2. The highest BCUT2D eigenvalue weighted by Gasteiger charge is 2.08. The third kappa shape index (κ3) is 5.21. The van der Waals surface area contributed by atoms with E-state index in [-0.39, 0.29) is 5.91 Å². The smallest absolute Gasteiger partial charge is 0.271 e. The lowest BCUT2D eigenvalue weighted by atomic mass is 10.3. The molecule has 0 aliphatic carbocycles. The van der Waals surface area contributed by atoms with E-state index in [4.69, 9.17) is 0 Å². The summed E-state index contributed by atoms with van der Waals surface area (Å²) in [7, 11) is 0. The molecule has 0 atom stereocenters. The van der Waals surface area contributed by atoms with Crippen molar-refractivity contribution in [3.8, 4) is 0 Å². The van der Waals surface area contributed by atoms with Gasteiger partial charge in [-0.2, -0.15) is 5.10 Å². The zero-order valence-corrected chi connectivity index (χ0v) is 11.4. The summed E-state index contributed by atoms with van der Waals surface area (Å²) in [6.07, 6.45) is 3.27. The van der Waals surface area contributed by atoms with Crippen molar-refractivity contribution in [3.63, 3.8) is 0 Å². The Kier molecular flexibility index (Phi) is 6.81. The van der Waals surface area contributed by atoms with Gasteiger partial charge in [-0.1, -0.05) is 6.92 Å². The number of carbonyl (C=O) groups is 1. The van der Waals surface area contributed by atoms with E-state index in [2.05, 4.69) is 22.7 Å². The van der Waals surface area contributed by atoms with Gasteiger partial charge in [-0.25, -0.2) is 4.39 Å². The summed E-state index contributed by atoms with van der Waals surface area (Å²) in [6, 6.07) is 1.63. The topological polar surface area (TPSA) is 59.0 Å². The van der Waals surface area contributed by atoms with Crippen LogP contribution in [0.3, 0.4) is 0 Å². The number of carbonyl (C=O) groups excluding carboxylic acids is 1. The fourth-order valence-electron chi connectivity index (χ4n) is 1.58. The maximum absolute atomic E-state index is 12.7. The summed E-state index contributed by atoms with van der Waals surface area (Å²) < 4.78 is 14.3. The SMILES string of the molecule is CCCNC/C(=C\F)Cn1ccc(C(=O)NCC)n1. The zero-order valence-electron chi connectivity index (χ0n) is 11.4. The molecule has 19 heavy (non-hydrogen) atoms. The van der Waals surface area contributed by atoms with E-state index in [1.54, 1.807) is 16.9 Å². The van der Waals surface area contributed by atoms with E-state index in [0.717, 1.165) is 13.0 Å². The van der Waals surface area contributed by atoms with Gasteiger partial charge in [-0.3, -0.25) is 9.48 Å². The number of aromatic nitrogens is 2. The molecule has 1 amide bonds. The Hall–Kier alpha value is -1.69. The molecule has 0 spiro atoms. The van der Waals surface area contributed by atoms with E-state index in [9.17, 15) is 9.18 Å². The normalized spacial score (nSPS) is 11.6. The van der Waals surface area contributed by atoms with Gasteiger partial charge in [-0.05, 0) is 31.5 Å².